The van der Waals surface area contributed by atoms with E-state index in [2.05, 4.69) is 42.2 Å². The number of pyridine rings is 1. The van der Waals surface area contributed by atoms with Crippen molar-refractivity contribution < 1.29 is 0 Å². The molecule has 0 aromatic carbocycles. The van der Waals surface area contributed by atoms with Crippen molar-refractivity contribution in [3.63, 3.8) is 0 Å². The molecule has 3 nitrogen and oxygen atoms in total. The van der Waals surface area contributed by atoms with Crippen LogP contribution in [0, 0.1) is 12.3 Å². The maximum absolute atomic E-state index is 7.19. The SMILES string of the molecule is Cc1cccnc1N/C(Br)=C\C(=N)Br. The van der Waals surface area contributed by atoms with Crippen molar-refractivity contribution in [3.8, 4) is 0 Å². The van der Waals surface area contributed by atoms with Crippen LogP contribution in [0.15, 0.2) is 29.0 Å². The molecule has 0 bridgehead atoms. The van der Waals surface area contributed by atoms with Gasteiger partial charge in [-0.05, 0) is 50.4 Å². The Balaban J connectivity index is 2.79. The lowest BCUT2D eigenvalue weighted by Gasteiger charge is -2.06. The third kappa shape index (κ3) is 3.59. The van der Waals surface area contributed by atoms with Gasteiger partial charge in [0.25, 0.3) is 0 Å². The van der Waals surface area contributed by atoms with Gasteiger partial charge < -0.3 is 5.32 Å². The van der Waals surface area contributed by atoms with Gasteiger partial charge in [-0.3, -0.25) is 5.41 Å². The van der Waals surface area contributed by atoms with Gasteiger partial charge in [0, 0.05) is 12.3 Å². The molecular weight excluding hydrogens is 310 g/mol. The van der Waals surface area contributed by atoms with Crippen molar-refractivity contribution in [2.75, 3.05) is 5.32 Å². The van der Waals surface area contributed by atoms with E-state index in [0.717, 1.165) is 11.4 Å². The Bertz CT molecular complexity index is 374. The molecule has 0 fully saturated rings. The van der Waals surface area contributed by atoms with Gasteiger partial charge in [-0.15, -0.1) is 0 Å². The molecule has 1 aromatic heterocycles. The van der Waals surface area contributed by atoms with Crippen LogP contribution in [0.2, 0.25) is 0 Å². The summed E-state index contributed by atoms with van der Waals surface area (Å²) >= 11 is 6.31. The van der Waals surface area contributed by atoms with Crippen LogP contribution in [0.3, 0.4) is 0 Å². The molecular formula is C9H9Br2N3. The van der Waals surface area contributed by atoms with Gasteiger partial charge in [-0.2, -0.15) is 0 Å². The molecule has 0 unspecified atom stereocenters. The van der Waals surface area contributed by atoms with Crippen molar-refractivity contribution in [1.29, 1.82) is 5.41 Å². The normalized spacial score (nSPS) is 11.2. The number of nitrogens with zero attached hydrogens (tertiary/aromatic N) is 1. The van der Waals surface area contributed by atoms with Crippen LogP contribution in [0.1, 0.15) is 5.56 Å². The average molecular weight is 319 g/mol. The summed E-state index contributed by atoms with van der Waals surface area (Å²) in [7, 11) is 0. The number of nitrogens with one attached hydrogen (secondary N) is 2. The summed E-state index contributed by atoms with van der Waals surface area (Å²) in [6, 6.07) is 3.85. The van der Waals surface area contributed by atoms with Crippen LogP contribution in [-0.4, -0.2) is 9.60 Å². The molecule has 1 rings (SSSR count). The second-order valence-corrected chi connectivity index (χ2v) is 4.34. The molecule has 0 saturated heterocycles. The fraction of sp³-hybridized carbons (Fsp3) is 0.111. The lowest BCUT2D eigenvalue weighted by molar-refractivity contribution is 1.25. The Morgan fingerprint density at radius 1 is 1.57 bits per heavy atom. The molecule has 5 heteroatoms. The molecule has 0 amide bonds. The van der Waals surface area contributed by atoms with Crippen LogP contribution in [-0.2, 0) is 0 Å². The number of hydrogen-bond acceptors (Lipinski definition) is 3. The average Bonchev–Trinajstić information content (AvgIpc) is 2.07. The number of rotatable bonds is 3. The zero-order valence-electron chi connectivity index (χ0n) is 7.51. The number of hydrogen-bond donors (Lipinski definition) is 2. The Morgan fingerprint density at radius 2 is 2.29 bits per heavy atom. The van der Waals surface area contributed by atoms with Crippen molar-refractivity contribution in [2.24, 2.45) is 0 Å². The van der Waals surface area contributed by atoms with E-state index in [1.807, 2.05) is 19.1 Å². The molecule has 0 aliphatic carbocycles. The minimum Gasteiger partial charge on any atom is -0.334 e. The first-order chi connectivity index (χ1) is 6.59. The third-order valence-corrected chi connectivity index (χ3v) is 2.16. The van der Waals surface area contributed by atoms with E-state index in [-0.39, 0.29) is 0 Å². The molecule has 0 radical (unpaired) electrons. The van der Waals surface area contributed by atoms with Crippen molar-refractivity contribution >= 4 is 42.3 Å². The summed E-state index contributed by atoms with van der Waals surface area (Å²) in [6.07, 6.45) is 3.32. The van der Waals surface area contributed by atoms with Gasteiger partial charge in [0.05, 0.1) is 9.23 Å². The van der Waals surface area contributed by atoms with E-state index in [0.29, 0.717) is 9.23 Å². The standard InChI is InChI=1S/C9H9Br2N3/c1-6-3-2-4-13-9(6)14-8(11)5-7(10)12/h2-5,12H,1H3,(H,13,14)/b8-5-,12-7?. The zero-order chi connectivity index (χ0) is 10.6. The number of anilines is 1. The minimum atomic E-state index is 0.297. The number of halogens is 2. The second kappa shape index (κ2) is 5.26. The molecule has 0 saturated carbocycles. The largest absolute Gasteiger partial charge is 0.334 e. The van der Waals surface area contributed by atoms with E-state index in [4.69, 9.17) is 5.41 Å². The highest BCUT2D eigenvalue weighted by molar-refractivity contribution is 9.18. The summed E-state index contributed by atoms with van der Waals surface area (Å²) in [5.74, 6) is 0.782. The van der Waals surface area contributed by atoms with E-state index in [9.17, 15) is 0 Å². The quantitative estimate of drug-likeness (QED) is 0.663. The van der Waals surface area contributed by atoms with Gasteiger partial charge in [-0.25, -0.2) is 4.98 Å². The lowest BCUT2D eigenvalue weighted by Crippen LogP contribution is -1.98. The molecule has 0 aliphatic rings. The fourth-order valence-corrected chi connectivity index (χ4v) is 1.83. The summed E-state index contributed by atoms with van der Waals surface area (Å²) < 4.78 is 0.992. The summed E-state index contributed by atoms with van der Waals surface area (Å²) in [4.78, 5) is 4.16. The van der Waals surface area contributed by atoms with Gasteiger partial charge in [0.2, 0.25) is 0 Å². The molecule has 2 N–H and O–H groups in total. The molecule has 14 heavy (non-hydrogen) atoms. The maximum Gasteiger partial charge on any atom is 0.133 e. The van der Waals surface area contributed by atoms with E-state index < -0.39 is 0 Å². The van der Waals surface area contributed by atoms with Crippen molar-refractivity contribution in [2.45, 2.75) is 6.92 Å². The molecule has 1 aromatic rings. The van der Waals surface area contributed by atoms with Crippen LogP contribution < -0.4 is 5.32 Å². The maximum atomic E-state index is 7.19. The highest BCUT2D eigenvalue weighted by Gasteiger charge is 1.99. The monoisotopic (exact) mass is 317 g/mol. The van der Waals surface area contributed by atoms with Crippen LogP contribution in [0.5, 0.6) is 0 Å². The van der Waals surface area contributed by atoms with Gasteiger partial charge in [0.1, 0.15) is 5.82 Å². The predicted molar refractivity (Wildman–Crippen MR) is 66.3 cm³/mol. The Labute approximate surface area is 99.4 Å². The van der Waals surface area contributed by atoms with Crippen molar-refractivity contribution in [1.82, 2.24) is 4.98 Å². The van der Waals surface area contributed by atoms with Gasteiger partial charge in [0.15, 0.2) is 0 Å². The highest BCUT2D eigenvalue weighted by atomic mass is 79.9. The first-order valence-corrected chi connectivity index (χ1v) is 5.48. The highest BCUT2D eigenvalue weighted by Crippen LogP contribution is 2.15. The van der Waals surface area contributed by atoms with Gasteiger partial charge >= 0.3 is 0 Å². The topological polar surface area (TPSA) is 48.8 Å². The molecule has 74 valence electrons. The molecule has 1 heterocycles. The number of allylic oxidation sites excluding steroid dienone is 1. The van der Waals surface area contributed by atoms with Crippen LogP contribution in [0.25, 0.3) is 0 Å². The molecule has 0 atom stereocenters. The Kier molecular flexibility index (Phi) is 4.28. The smallest absolute Gasteiger partial charge is 0.133 e. The fourth-order valence-electron chi connectivity index (χ4n) is 0.877. The summed E-state index contributed by atoms with van der Waals surface area (Å²) in [5.41, 5.74) is 1.05. The van der Waals surface area contributed by atoms with E-state index >= 15 is 0 Å². The number of aromatic nitrogens is 1. The van der Waals surface area contributed by atoms with Crippen LogP contribution >= 0.6 is 31.9 Å². The molecule has 0 spiro atoms. The second-order valence-electron chi connectivity index (χ2n) is 2.63. The first kappa shape index (κ1) is 11.4. The molecule has 0 aliphatic heterocycles. The Morgan fingerprint density at radius 3 is 2.86 bits per heavy atom. The summed E-state index contributed by atoms with van der Waals surface area (Å²) in [6.45, 7) is 1.97. The van der Waals surface area contributed by atoms with Gasteiger partial charge in [-0.1, -0.05) is 6.07 Å². The lowest BCUT2D eigenvalue weighted by atomic mass is 10.3. The third-order valence-electron chi connectivity index (χ3n) is 1.50. The predicted octanol–water partition coefficient (Wildman–Crippen LogP) is 3.41. The zero-order valence-corrected chi connectivity index (χ0v) is 10.7. The van der Waals surface area contributed by atoms with E-state index in [1.165, 1.54) is 0 Å². The number of aryl methyl sites for hydroxylation is 1. The summed E-state index contributed by atoms with van der Waals surface area (Å²) in [5, 5.41) is 10.2. The van der Waals surface area contributed by atoms with Crippen LogP contribution in [0.4, 0.5) is 5.82 Å². The van der Waals surface area contributed by atoms with E-state index in [1.54, 1.807) is 12.3 Å². The first-order valence-electron chi connectivity index (χ1n) is 3.89. The Hall–Kier alpha value is -0.680. The van der Waals surface area contributed by atoms with Crippen molar-refractivity contribution in [3.05, 3.63) is 34.6 Å². The minimum absolute atomic E-state index is 0.297.